The highest BCUT2D eigenvalue weighted by molar-refractivity contribution is 5.83. The van der Waals surface area contributed by atoms with Gasteiger partial charge in [-0.05, 0) is 68.9 Å². The minimum absolute atomic E-state index is 0.149. The average Bonchev–Trinajstić information content (AvgIpc) is 4.08. The molecule has 3 aliphatic rings. The van der Waals surface area contributed by atoms with E-state index >= 15 is 0 Å². The second-order valence-electron chi connectivity index (χ2n) is 15.3. The van der Waals surface area contributed by atoms with Gasteiger partial charge in [0, 0.05) is 24.2 Å². The first-order valence-corrected chi connectivity index (χ1v) is 21.0. The van der Waals surface area contributed by atoms with Crippen LogP contribution in [-0.4, -0.2) is 99.8 Å². The van der Waals surface area contributed by atoms with Gasteiger partial charge < -0.3 is 57.1 Å². The molecule has 2 aromatic carbocycles. The van der Waals surface area contributed by atoms with Crippen molar-refractivity contribution in [2.24, 2.45) is 5.73 Å². The maximum Gasteiger partial charge on any atom is 0.407 e. The van der Waals surface area contributed by atoms with Gasteiger partial charge in [0.15, 0.2) is 12.2 Å². The number of carbonyl (C=O) groups is 5. The van der Waals surface area contributed by atoms with Crippen molar-refractivity contribution >= 4 is 29.9 Å². The molecule has 10 N–H and O–H groups in total. The number of hydrogen-bond donors (Lipinski definition) is 9. The molecule has 6 atom stereocenters. The smallest absolute Gasteiger partial charge is 0.407 e. The van der Waals surface area contributed by atoms with Gasteiger partial charge in [0.05, 0.1) is 12.1 Å². The lowest BCUT2D eigenvalue weighted by molar-refractivity contribution is -0.131. The summed E-state index contributed by atoms with van der Waals surface area (Å²) in [6.45, 7) is 6.13. The zero-order valence-electron chi connectivity index (χ0n) is 34.6. The Bertz CT molecular complexity index is 1460. The number of aliphatic hydroxyl groups is 3. The van der Waals surface area contributed by atoms with E-state index in [2.05, 4.69) is 26.6 Å². The molecule has 0 saturated heterocycles. The van der Waals surface area contributed by atoms with Crippen LogP contribution in [0.25, 0.3) is 0 Å². The third kappa shape index (κ3) is 20.2. The van der Waals surface area contributed by atoms with Crippen molar-refractivity contribution in [2.75, 3.05) is 0 Å². The van der Waals surface area contributed by atoms with Crippen molar-refractivity contribution in [3.8, 4) is 0 Å². The molecule has 0 aromatic heterocycles. The number of carbonyl (C=O) groups excluding carboxylic acids is 5. The topological polar surface area (TPSA) is 251 Å². The van der Waals surface area contributed by atoms with E-state index in [-0.39, 0.29) is 37.2 Å². The van der Waals surface area contributed by atoms with Crippen LogP contribution in [0, 0.1) is 0 Å². The molecular formula is C43H66N6O10. The summed E-state index contributed by atoms with van der Waals surface area (Å²) in [5.41, 5.74) is 7.37. The molecular weight excluding hydrogens is 761 g/mol. The van der Waals surface area contributed by atoms with Gasteiger partial charge in [-0.15, -0.1) is 0 Å². The number of ether oxygens (including phenoxy) is 2. The lowest BCUT2D eigenvalue weighted by atomic mass is 10.1. The molecule has 0 bridgehead atoms. The summed E-state index contributed by atoms with van der Waals surface area (Å²) in [4.78, 5) is 58.9. The number of hydrogen-bond acceptors (Lipinski definition) is 11. The number of rotatable bonds is 21. The Hall–Kier alpha value is -4.77. The van der Waals surface area contributed by atoms with E-state index in [9.17, 15) is 39.3 Å². The van der Waals surface area contributed by atoms with Crippen LogP contribution in [-0.2, 0) is 37.1 Å². The summed E-state index contributed by atoms with van der Waals surface area (Å²) >= 11 is 0. The monoisotopic (exact) mass is 826 g/mol. The first kappa shape index (κ1) is 48.6. The first-order chi connectivity index (χ1) is 28.3. The van der Waals surface area contributed by atoms with E-state index in [4.69, 9.17) is 15.2 Å². The van der Waals surface area contributed by atoms with E-state index in [1.807, 2.05) is 81.4 Å². The van der Waals surface area contributed by atoms with E-state index in [0.717, 1.165) is 68.9 Å². The molecule has 0 heterocycles. The Morgan fingerprint density at radius 2 is 0.881 bits per heavy atom. The molecule has 5 rings (SSSR count). The molecule has 16 heteroatoms. The van der Waals surface area contributed by atoms with Crippen molar-refractivity contribution in [3.05, 3.63) is 71.8 Å². The van der Waals surface area contributed by atoms with Crippen LogP contribution < -0.4 is 32.3 Å². The van der Waals surface area contributed by atoms with Crippen molar-refractivity contribution in [3.63, 3.8) is 0 Å². The largest absolute Gasteiger partial charge is 0.445 e. The highest BCUT2D eigenvalue weighted by Gasteiger charge is 2.33. The summed E-state index contributed by atoms with van der Waals surface area (Å²) in [5.74, 6) is -1.19. The molecule has 3 fully saturated rings. The van der Waals surface area contributed by atoms with Crippen LogP contribution >= 0.6 is 0 Å². The number of alkyl carbamates (subject to hydrolysis) is 2. The summed E-state index contributed by atoms with van der Waals surface area (Å²) < 4.78 is 10.3. The zero-order valence-corrected chi connectivity index (χ0v) is 34.6. The van der Waals surface area contributed by atoms with Crippen molar-refractivity contribution in [1.29, 1.82) is 0 Å². The molecule has 3 saturated carbocycles. The third-order valence-electron chi connectivity index (χ3n) is 9.60. The van der Waals surface area contributed by atoms with E-state index < -0.39 is 60.4 Å². The van der Waals surface area contributed by atoms with Crippen molar-refractivity contribution < 1.29 is 48.8 Å². The lowest BCUT2D eigenvalue weighted by Gasteiger charge is -2.23. The number of amides is 5. The summed E-state index contributed by atoms with van der Waals surface area (Å²) in [5, 5.41) is 43.1. The normalized spacial score (nSPS) is 17.3. The minimum Gasteiger partial charge on any atom is -0.445 e. The Kier molecular flexibility index (Phi) is 21.7. The maximum absolute atomic E-state index is 11.9. The van der Waals surface area contributed by atoms with Crippen molar-refractivity contribution in [2.45, 2.75) is 166 Å². The fraction of sp³-hybridized carbons (Fsp3) is 0.605. The molecule has 328 valence electrons. The molecule has 1 unspecified atom stereocenters. The molecule has 0 radical (unpaired) electrons. The fourth-order valence-corrected chi connectivity index (χ4v) is 5.67. The third-order valence-corrected chi connectivity index (χ3v) is 9.60. The van der Waals surface area contributed by atoms with Gasteiger partial charge in [-0.2, -0.15) is 0 Å². The lowest BCUT2D eigenvalue weighted by Crippen LogP contribution is -2.51. The molecule has 0 spiro atoms. The maximum atomic E-state index is 11.9. The average molecular weight is 827 g/mol. The van der Waals surface area contributed by atoms with Gasteiger partial charge in [0.1, 0.15) is 19.3 Å². The van der Waals surface area contributed by atoms with Gasteiger partial charge >= 0.3 is 12.2 Å². The van der Waals surface area contributed by atoms with E-state index in [0.29, 0.717) is 19.3 Å². The van der Waals surface area contributed by atoms with Crippen LogP contribution in [0.15, 0.2) is 60.7 Å². The second-order valence-corrected chi connectivity index (χ2v) is 15.3. The molecule has 3 aliphatic carbocycles. The van der Waals surface area contributed by atoms with E-state index in [1.165, 1.54) is 0 Å². The van der Waals surface area contributed by atoms with Crippen LogP contribution in [0.4, 0.5) is 9.59 Å². The SMILES string of the molecule is CCC[C@H](N)[C@@H](O)C(=O)NC1CC1.CCC[C@H](NC(=O)OCc1ccccc1)C(O)C(=O)NC1CC1.CCC[C@H](NC(=O)OCc1ccccc1)[C@@H](O)C(=O)NC1CC1. The van der Waals surface area contributed by atoms with Gasteiger partial charge in [0.25, 0.3) is 17.7 Å². The summed E-state index contributed by atoms with van der Waals surface area (Å²) in [6.07, 6.45) is 5.04. The standard InChI is InChI=1S/2C17H24N2O4.C9H18N2O2/c2*1-2-6-14(15(20)16(21)18-13-9-10-13)19-17(22)23-11-12-7-4-3-5-8-12;1-2-3-7(10)8(12)9(13)11-6-4-5-6/h2*3-5,7-8,13-15,20H,2,6,9-11H2,1H3,(H,18,21)(H,19,22);6-8,12H,2-5,10H2,1H3,(H,11,13)/t14-,15?;14-,15+;7-,8+/m000/s1. The zero-order chi connectivity index (χ0) is 43.2. The highest BCUT2D eigenvalue weighted by Crippen LogP contribution is 2.20. The molecule has 59 heavy (non-hydrogen) atoms. The Labute approximate surface area is 347 Å². The van der Waals surface area contributed by atoms with Crippen LogP contribution in [0.5, 0.6) is 0 Å². The predicted molar refractivity (Wildman–Crippen MR) is 221 cm³/mol. The second kappa shape index (κ2) is 26.4. The van der Waals surface area contributed by atoms with Crippen LogP contribution in [0.3, 0.4) is 0 Å². The summed E-state index contributed by atoms with van der Waals surface area (Å²) in [7, 11) is 0. The Morgan fingerprint density at radius 1 is 0.559 bits per heavy atom. The molecule has 2 aromatic rings. The Balaban J connectivity index is 0.000000246. The number of nitrogens with two attached hydrogens (primary N) is 1. The first-order valence-electron chi connectivity index (χ1n) is 21.0. The van der Waals surface area contributed by atoms with Gasteiger partial charge in [0.2, 0.25) is 0 Å². The van der Waals surface area contributed by atoms with Crippen LogP contribution in [0.2, 0.25) is 0 Å². The highest BCUT2D eigenvalue weighted by atomic mass is 16.6. The van der Waals surface area contributed by atoms with Gasteiger partial charge in [-0.1, -0.05) is 101 Å². The fourth-order valence-electron chi connectivity index (χ4n) is 5.67. The molecule has 16 nitrogen and oxygen atoms in total. The van der Waals surface area contributed by atoms with Crippen molar-refractivity contribution in [1.82, 2.24) is 26.6 Å². The van der Waals surface area contributed by atoms with E-state index in [1.54, 1.807) is 0 Å². The Morgan fingerprint density at radius 3 is 1.19 bits per heavy atom. The van der Waals surface area contributed by atoms with Gasteiger partial charge in [-0.3, -0.25) is 14.4 Å². The number of benzene rings is 2. The number of nitrogens with one attached hydrogen (secondary N) is 5. The minimum atomic E-state index is -1.26. The number of aliphatic hydroxyl groups excluding tert-OH is 3. The van der Waals surface area contributed by atoms with Crippen LogP contribution in [0.1, 0.15) is 109 Å². The quantitative estimate of drug-likeness (QED) is 0.0884. The molecule has 0 aliphatic heterocycles. The molecule has 5 amide bonds. The predicted octanol–water partition coefficient (Wildman–Crippen LogP) is 3.20. The summed E-state index contributed by atoms with van der Waals surface area (Å²) in [6, 6.07) is 17.5. The van der Waals surface area contributed by atoms with Gasteiger partial charge in [-0.25, -0.2) is 9.59 Å².